The molecule has 2 rings (SSSR count). The van der Waals surface area contributed by atoms with E-state index in [1.165, 1.54) is 5.56 Å². The molecule has 0 aromatic heterocycles. The Kier molecular flexibility index (Phi) is 8.55. The van der Waals surface area contributed by atoms with Gasteiger partial charge in [-0.25, -0.2) is 4.99 Å². The third kappa shape index (κ3) is 6.92. The van der Waals surface area contributed by atoms with E-state index in [2.05, 4.69) is 36.6 Å². The molecule has 1 aromatic carbocycles. The minimum absolute atomic E-state index is 0.288. The van der Waals surface area contributed by atoms with Gasteiger partial charge in [0.1, 0.15) is 12.4 Å². The summed E-state index contributed by atoms with van der Waals surface area (Å²) in [5, 5.41) is 6.65. The first kappa shape index (κ1) is 19.5. The van der Waals surface area contributed by atoms with Crippen molar-refractivity contribution in [1.82, 2.24) is 10.6 Å². The summed E-state index contributed by atoms with van der Waals surface area (Å²) >= 11 is 0. The molecule has 1 aliphatic heterocycles. The zero-order chi connectivity index (χ0) is 17.9. The van der Waals surface area contributed by atoms with Gasteiger partial charge in [0.2, 0.25) is 0 Å². The smallest absolute Gasteiger partial charge is 0.191 e. The number of benzene rings is 1. The van der Waals surface area contributed by atoms with Crippen LogP contribution in [0.3, 0.4) is 0 Å². The van der Waals surface area contributed by atoms with Gasteiger partial charge in [-0.2, -0.15) is 0 Å². The SMILES string of the molecule is CCNC(=NCc1ccc(C)cc1OCCOC)NCC1CCCO1. The van der Waals surface area contributed by atoms with Gasteiger partial charge in [-0.15, -0.1) is 0 Å². The highest BCUT2D eigenvalue weighted by atomic mass is 16.5. The van der Waals surface area contributed by atoms with Crippen molar-refractivity contribution < 1.29 is 14.2 Å². The fourth-order valence-electron chi connectivity index (χ4n) is 2.68. The molecule has 140 valence electrons. The number of nitrogens with one attached hydrogen (secondary N) is 2. The van der Waals surface area contributed by atoms with E-state index < -0.39 is 0 Å². The molecule has 0 amide bonds. The molecule has 1 saturated heterocycles. The van der Waals surface area contributed by atoms with Crippen LogP contribution in [0.4, 0.5) is 0 Å². The first-order valence-electron chi connectivity index (χ1n) is 9.08. The van der Waals surface area contributed by atoms with Crippen molar-refractivity contribution in [3.05, 3.63) is 29.3 Å². The lowest BCUT2D eigenvalue weighted by atomic mass is 10.1. The van der Waals surface area contributed by atoms with E-state index in [1.807, 2.05) is 6.07 Å². The number of guanidine groups is 1. The maximum Gasteiger partial charge on any atom is 0.191 e. The molecule has 2 N–H and O–H groups in total. The molecule has 0 radical (unpaired) electrons. The van der Waals surface area contributed by atoms with Crippen molar-refractivity contribution in [1.29, 1.82) is 0 Å². The number of aliphatic imine (C=N–C) groups is 1. The maximum atomic E-state index is 5.84. The van der Waals surface area contributed by atoms with Crippen LogP contribution in [0.15, 0.2) is 23.2 Å². The normalized spacial score (nSPS) is 17.6. The molecule has 1 fully saturated rings. The van der Waals surface area contributed by atoms with Gasteiger partial charge in [-0.3, -0.25) is 0 Å². The Balaban J connectivity index is 1.97. The quantitative estimate of drug-likeness (QED) is 0.407. The Bertz CT molecular complexity index is 543. The Morgan fingerprint density at radius 2 is 2.20 bits per heavy atom. The van der Waals surface area contributed by atoms with Crippen molar-refractivity contribution >= 4 is 5.96 Å². The van der Waals surface area contributed by atoms with Crippen LogP contribution in [-0.2, 0) is 16.0 Å². The van der Waals surface area contributed by atoms with E-state index in [1.54, 1.807) is 7.11 Å². The Morgan fingerprint density at radius 1 is 1.32 bits per heavy atom. The largest absolute Gasteiger partial charge is 0.491 e. The number of nitrogens with zero attached hydrogens (tertiary/aromatic N) is 1. The van der Waals surface area contributed by atoms with Crippen molar-refractivity contribution in [2.75, 3.05) is 40.0 Å². The number of methoxy groups -OCH3 is 1. The number of hydrogen-bond acceptors (Lipinski definition) is 4. The molecular formula is C19H31N3O3. The van der Waals surface area contributed by atoms with E-state index in [9.17, 15) is 0 Å². The van der Waals surface area contributed by atoms with Gasteiger partial charge in [0.25, 0.3) is 0 Å². The molecule has 1 aliphatic rings. The van der Waals surface area contributed by atoms with Crippen LogP contribution in [-0.4, -0.2) is 52.1 Å². The fraction of sp³-hybridized carbons (Fsp3) is 0.632. The van der Waals surface area contributed by atoms with E-state index in [0.717, 1.165) is 49.8 Å². The first-order valence-corrected chi connectivity index (χ1v) is 9.08. The summed E-state index contributed by atoms with van der Waals surface area (Å²) in [7, 11) is 1.67. The average molecular weight is 349 g/mol. The summed E-state index contributed by atoms with van der Waals surface area (Å²) in [5.41, 5.74) is 2.24. The van der Waals surface area contributed by atoms with Gasteiger partial charge < -0.3 is 24.8 Å². The second-order valence-electron chi connectivity index (χ2n) is 6.16. The number of aryl methyl sites for hydroxylation is 1. The summed E-state index contributed by atoms with van der Waals surface area (Å²) < 4.78 is 16.6. The van der Waals surface area contributed by atoms with Crippen LogP contribution in [0.1, 0.15) is 30.9 Å². The average Bonchev–Trinajstić information content (AvgIpc) is 3.12. The minimum atomic E-state index is 0.288. The molecule has 6 nitrogen and oxygen atoms in total. The van der Waals surface area contributed by atoms with Gasteiger partial charge >= 0.3 is 0 Å². The van der Waals surface area contributed by atoms with Crippen LogP contribution in [0.2, 0.25) is 0 Å². The Morgan fingerprint density at radius 3 is 2.92 bits per heavy atom. The van der Waals surface area contributed by atoms with E-state index >= 15 is 0 Å². The third-order valence-corrected chi connectivity index (χ3v) is 4.04. The highest BCUT2D eigenvalue weighted by molar-refractivity contribution is 5.79. The molecule has 0 saturated carbocycles. The van der Waals surface area contributed by atoms with Gasteiger partial charge in [0.05, 0.1) is 19.3 Å². The maximum absolute atomic E-state index is 5.84. The van der Waals surface area contributed by atoms with Crippen LogP contribution in [0, 0.1) is 6.92 Å². The zero-order valence-electron chi connectivity index (χ0n) is 15.6. The van der Waals surface area contributed by atoms with Crippen LogP contribution in [0.25, 0.3) is 0 Å². The highest BCUT2D eigenvalue weighted by Gasteiger charge is 2.15. The number of rotatable bonds is 9. The molecule has 0 spiro atoms. The third-order valence-electron chi connectivity index (χ3n) is 4.04. The zero-order valence-corrected chi connectivity index (χ0v) is 15.6. The van der Waals surface area contributed by atoms with Crippen molar-refractivity contribution in [3.8, 4) is 5.75 Å². The highest BCUT2D eigenvalue weighted by Crippen LogP contribution is 2.21. The van der Waals surface area contributed by atoms with Crippen LogP contribution >= 0.6 is 0 Å². The summed E-state index contributed by atoms with van der Waals surface area (Å²) in [6, 6.07) is 6.21. The van der Waals surface area contributed by atoms with Crippen LogP contribution in [0.5, 0.6) is 5.75 Å². The molecule has 25 heavy (non-hydrogen) atoms. The van der Waals surface area contributed by atoms with E-state index in [0.29, 0.717) is 19.8 Å². The second kappa shape index (κ2) is 10.9. The summed E-state index contributed by atoms with van der Waals surface area (Å²) in [6.07, 6.45) is 2.55. The Labute approximate surface area is 151 Å². The van der Waals surface area contributed by atoms with E-state index in [4.69, 9.17) is 19.2 Å². The lowest BCUT2D eigenvalue weighted by Crippen LogP contribution is -2.41. The molecule has 1 unspecified atom stereocenters. The van der Waals surface area contributed by atoms with Crippen molar-refractivity contribution in [2.45, 2.75) is 39.3 Å². The lowest BCUT2D eigenvalue weighted by molar-refractivity contribution is 0.114. The fourth-order valence-corrected chi connectivity index (χ4v) is 2.68. The first-order chi connectivity index (χ1) is 12.2. The Hall–Kier alpha value is -1.79. The lowest BCUT2D eigenvalue weighted by Gasteiger charge is -2.15. The number of ether oxygens (including phenoxy) is 3. The van der Waals surface area contributed by atoms with Crippen molar-refractivity contribution in [2.24, 2.45) is 4.99 Å². The van der Waals surface area contributed by atoms with Gasteiger partial charge in [-0.1, -0.05) is 12.1 Å². The molecule has 1 aromatic rings. The molecule has 6 heteroatoms. The predicted octanol–water partition coefficient (Wildman–Crippen LogP) is 2.25. The van der Waals surface area contributed by atoms with E-state index in [-0.39, 0.29) is 6.10 Å². The van der Waals surface area contributed by atoms with Crippen LogP contribution < -0.4 is 15.4 Å². The van der Waals surface area contributed by atoms with Crippen molar-refractivity contribution in [3.63, 3.8) is 0 Å². The standard InChI is InChI=1S/C19H31N3O3/c1-4-20-19(22-14-17-6-5-9-24-17)21-13-16-8-7-15(2)12-18(16)25-11-10-23-3/h7-8,12,17H,4-6,9-11,13-14H2,1-3H3,(H2,20,21,22). The summed E-state index contributed by atoms with van der Waals surface area (Å²) in [6.45, 7) is 8.27. The van der Waals surface area contributed by atoms with Gasteiger partial charge in [0, 0.05) is 32.4 Å². The molecule has 1 atom stereocenters. The molecule has 1 heterocycles. The topological polar surface area (TPSA) is 64.1 Å². The number of hydrogen-bond donors (Lipinski definition) is 2. The summed E-state index contributed by atoms with van der Waals surface area (Å²) in [4.78, 5) is 4.69. The molecule has 0 aliphatic carbocycles. The molecular weight excluding hydrogens is 318 g/mol. The van der Waals surface area contributed by atoms with Gasteiger partial charge in [0.15, 0.2) is 5.96 Å². The monoisotopic (exact) mass is 349 g/mol. The minimum Gasteiger partial charge on any atom is -0.491 e. The predicted molar refractivity (Wildman–Crippen MR) is 100 cm³/mol. The molecule has 0 bridgehead atoms. The summed E-state index contributed by atoms with van der Waals surface area (Å²) in [5.74, 6) is 1.68. The second-order valence-corrected chi connectivity index (χ2v) is 6.16. The van der Waals surface area contributed by atoms with Gasteiger partial charge in [-0.05, 0) is 38.3 Å².